The molecule has 0 aromatic heterocycles. The van der Waals surface area contributed by atoms with Crippen molar-refractivity contribution < 1.29 is 28.9 Å². The Labute approximate surface area is 153 Å². The maximum Gasteiger partial charge on any atom is 0.444 e. The molecule has 2 fully saturated rings. The van der Waals surface area contributed by atoms with Gasteiger partial charge in [-0.05, 0) is 38.5 Å². The summed E-state index contributed by atoms with van der Waals surface area (Å²) in [5.41, 5.74) is -1.18. The Morgan fingerprint density at radius 3 is 1.35 bits per heavy atom. The third-order valence-corrected chi connectivity index (χ3v) is 6.07. The van der Waals surface area contributed by atoms with Crippen LogP contribution < -0.4 is 0 Å². The summed E-state index contributed by atoms with van der Waals surface area (Å²) in [6.45, 7) is 7.62. The molecular weight excluding hydrogens is 340 g/mol. The van der Waals surface area contributed by atoms with E-state index in [-0.39, 0.29) is 24.7 Å². The molecule has 146 valence electrons. The molecular formula is C18H28N2O6. The number of hydroxylamine groups is 4. The third-order valence-electron chi connectivity index (χ3n) is 6.07. The van der Waals surface area contributed by atoms with Crippen LogP contribution >= 0.6 is 0 Å². The van der Waals surface area contributed by atoms with Gasteiger partial charge < -0.3 is 9.68 Å². The predicted octanol–water partition coefficient (Wildman–Crippen LogP) is 2.27. The van der Waals surface area contributed by atoms with Crippen LogP contribution in [0.4, 0.5) is 0 Å². The van der Waals surface area contributed by atoms with E-state index in [1.165, 1.54) is 0 Å². The fraction of sp³-hybridized carbons (Fsp3) is 0.778. The van der Waals surface area contributed by atoms with E-state index in [1.54, 1.807) is 0 Å². The summed E-state index contributed by atoms with van der Waals surface area (Å²) < 4.78 is 0. The number of hydrogen-bond acceptors (Lipinski definition) is 6. The molecule has 2 aliphatic rings. The molecule has 0 saturated carbocycles. The number of nitrogens with zero attached hydrogens (tertiary/aromatic N) is 2. The maximum atomic E-state index is 12.2. The van der Waals surface area contributed by atoms with E-state index < -0.39 is 23.0 Å². The van der Waals surface area contributed by atoms with Gasteiger partial charge in [0.1, 0.15) is 0 Å². The van der Waals surface area contributed by atoms with E-state index in [2.05, 4.69) is 0 Å². The maximum absolute atomic E-state index is 12.2. The standard InChI is InChI=1S/C18H28N2O6/c1-5-17(6-2)11-9-13(21)19(17)25-15(23)16(24)26-20-14(22)10-12-18(20,7-3)8-4/h5-12H2,1-4H3. The Balaban J connectivity index is 2.09. The lowest BCUT2D eigenvalue weighted by Gasteiger charge is -2.35. The quantitative estimate of drug-likeness (QED) is 0.668. The van der Waals surface area contributed by atoms with E-state index >= 15 is 0 Å². The van der Waals surface area contributed by atoms with Crippen molar-refractivity contribution in [3.63, 3.8) is 0 Å². The zero-order chi connectivity index (χ0) is 19.5. The van der Waals surface area contributed by atoms with Gasteiger partial charge in [0.05, 0.1) is 11.1 Å². The number of rotatable bonds is 6. The summed E-state index contributed by atoms with van der Waals surface area (Å²) in [5, 5.41) is 2.05. The highest BCUT2D eigenvalue weighted by Gasteiger charge is 2.49. The van der Waals surface area contributed by atoms with Gasteiger partial charge in [0, 0.05) is 12.8 Å². The molecule has 0 radical (unpaired) electrons. The lowest BCUT2D eigenvalue weighted by atomic mass is 9.91. The Morgan fingerprint density at radius 2 is 1.08 bits per heavy atom. The van der Waals surface area contributed by atoms with E-state index in [1.807, 2.05) is 27.7 Å². The zero-order valence-electron chi connectivity index (χ0n) is 16.0. The lowest BCUT2D eigenvalue weighted by Crippen LogP contribution is -2.50. The van der Waals surface area contributed by atoms with Crippen molar-refractivity contribution >= 4 is 23.8 Å². The summed E-state index contributed by atoms with van der Waals surface area (Å²) in [4.78, 5) is 58.8. The minimum Gasteiger partial charge on any atom is -0.326 e. The van der Waals surface area contributed by atoms with Gasteiger partial charge in [0.15, 0.2) is 0 Å². The first-order valence-corrected chi connectivity index (χ1v) is 9.39. The van der Waals surface area contributed by atoms with Crippen LogP contribution in [-0.4, -0.2) is 45.0 Å². The molecule has 8 heteroatoms. The lowest BCUT2D eigenvalue weighted by molar-refractivity contribution is -0.235. The summed E-state index contributed by atoms with van der Waals surface area (Å²) in [6.07, 6.45) is 4.11. The number of hydrogen-bond donors (Lipinski definition) is 0. The molecule has 0 aliphatic carbocycles. The van der Waals surface area contributed by atoms with Gasteiger partial charge in [-0.3, -0.25) is 9.59 Å². The van der Waals surface area contributed by atoms with Gasteiger partial charge in [-0.2, -0.15) is 10.1 Å². The van der Waals surface area contributed by atoms with Crippen molar-refractivity contribution in [1.82, 2.24) is 10.1 Å². The summed E-state index contributed by atoms with van der Waals surface area (Å²) in [7, 11) is 0. The van der Waals surface area contributed by atoms with E-state index in [9.17, 15) is 19.2 Å². The second kappa shape index (κ2) is 7.63. The molecule has 2 heterocycles. The van der Waals surface area contributed by atoms with Crippen LogP contribution in [0.25, 0.3) is 0 Å². The van der Waals surface area contributed by atoms with Crippen LogP contribution in [0, 0.1) is 0 Å². The fourth-order valence-electron chi connectivity index (χ4n) is 3.93. The fourth-order valence-corrected chi connectivity index (χ4v) is 3.93. The molecule has 0 aromatic rings. The largest absolute Gasteiger partial charge is 0.444 e. The van der Waals surface area contributed by atoms with Gasteiger partial charge in [-0.25, -0.2) is 9.59 Å². The Kier molecular flexibility index (Phi) is 5.93. The Hall–Kier alpha value is -2.12. The Bertz CT molecular complexity index is 542. The highest BCUT2D eigenvalue weighted by atomic mass is 16.8. The van der Waals surface area contributed by atoms with Crippen molar-refractivity contribution in [3.8, 4) is 0 Å². The normalized spacial score (nSPS) is 21.2. The average Bonchev–Trinajstić information content (AvgIpc) is 3.14. The van der Waals surface area contributed by atoms with Crippen LogP contribution in [0.3, 0.4) is 0 Å². The number of amides is 2. The summed E-state index contributed by atoms with van der Waals surface area (Å²) >= 11 is 0. The van der Waals surface area contributed by atoms with E-state index in [0.29, 0.717) is 38.5 Å². The monoisotopic (exact) mass is 368 g/mol. The molecule has 2 rings (SSSR count). The Morgan fingerprint density at radius 1 is 0.769 bits per heavy atom. The minimum atomic E-state index is -1.28. The summed E-state index contributed by atoms with van der Waals surface area (Å²) in [6, 6.07) is 0. The molecule has 0 spiro atoms. The molecule has 26 heavy (non-hydrogen) atoms. The minimum absolute atomic E-state index is 0.267. The van der Waals surface area contributed by atoms with Gasteiger partial charge in [0.2, 0.25) is 0 Å². The van der Waals surface area contributed by atoms with Crippen molar-refractivity contribution in [3.05, 3.63) is 0 Å². The molecule has 0 N–H and O–H groups in total. The van der Waals surface area contributed by atoms with Crippen molar-refractivity contribution in [2.75, 3.05) is 0 Å². The molecule has 8 nitrogen and oxygen atoms in total. The van der Waals surface area contributed by atoms with Crippen LogP contribution in [0.2, 0.25) is 0 Å². The second-order valence-electron chi connectivity index (χ2n) is 7.00. The van der Waals surface area contributed by atoms with Gasteiger partial charge in [0.25, 0.3) is 11.8 Å². The van der Waals surface area contributed by atoms with Crippen LogP contribution in [0.5, 0.6) is 0 Å². The highest BCUT2D eigenvalue weighted by Crippen LogP contribution is 2.38. The van der Waals surface area contributed by atoms with Gasteiger partial charge in [-0.15, -0.1) is 0 Å². The zero-order valence-corrected chi connectivity index (χ0v) is 16.0. The average molecular weight is 368 g/mol. The third kappa shape index (κ3) is 3.29. The molecule has 0 unspecified atom stereocenters. The second-order valence-corrected chi connectivity index (χ2v) is 7.00. The number of carbonyl (C=O) groups is 4. The molecule has 2 saturated heterocycles. The molecule has 2 amide bonds. The SMILES string of the molecule is CCC1(CC)CCC(=O)N1OC(=O)C(=O)ON1C(=O)CCC1(CC)CC. The smallest absolute Gasteiger partial charge is 0.326 e. The first-order valence-electron chi connectivity index (χ1n) is 9.39. The van der Waals surface area contributed by atoms with Crippen LogP contribution in [0.15, 0.2) is 0 Å². The molecule has 2 aliphatic heterocycles. The van der Waals surface area contributed by atoms with Crippen LogP contribution in [0.1, 0.15) is 79.1 Å². The van der Waals surface area contributed by atoms with Crippen molar-refractivity contribution in [2.45, 2.75) is 90.1 Å². The van der Waals surface area contributed by atoms with Gasteiger partial charge >= 0.3 is 11.9 Å². The van der Waals surface area contributed by atoms with Crippen molar-refractivity contribution in [1.29, 1.82) is 0 Å². The number of carbonyl (C=O) groups excluding carboxylic acids is 4. The summed E-state index contributed by atoms with van der Waals surface area (Å²) in [5.74, 6) is -3.23. The first kappa shape index (κ1) is 20.2. The molecule has 0 bridgehead atoms. The van der Waals surface area contributed by atoms with E-state index in [0.717, 1.165) is 10.1 Å². The van der Waals surface area contributed by atoms with Crippen molar-refractivity contribution in [2.24, 2.45) is 0 Å². The molecule has 0 aromatic carbocycles. The highest BCUT2D eigenvalue weighted by molar-refractivity contribution is 6.29. The van der Waals surface area contributed by atoms with Gasteiger partial charge in [-0.1, -0.05) is 27.7 Å². The first-order chi connectivity index (χ1) is 12.3. The predicted molar refractivity (Wildman–Crippen MR) is 91.0 cm³/mol. The molecule has 0 atom stereocenters. The van der Waals surface area contributed by atoms with Crippen LogP contribution in [-0.2, 0) is 28.9 Å². The topological polar surface area (TPSA) is 93.2 Å². The van der Waals surface area contributed by atoms with E-state index in [4.69, 9.17) is 9.68 Å².